The van der Waals surface area contributed by atoms with E-state index in [2.05, 4.69) is 10.2 Å². The molecule has 0 unspecified atom stereocenters. The van der Waals surface area contributed by atoms with Gasteiger partial charge in [0.2, 0.25) is 5.91 Å². The van der Waals surface area contributed by atoms with Gasteiger partial charge in [0.1, 0.15) is 0 Å². The number of benzene rings is 1. The number of hydrogen-bond donors (Lipinski definition) is 1. The number of imidazole rings is 1. The minimum atomic E-state index is -0.0769. The quantitative estimate of drug-likeness (QED) is 0.919. The molecule has 0 bridgehead atoms. The van der Waals surface area contributed by atoms with Crippen molar-refractivity contribution in [3.63, 3.8) is 0 Å². The smallest absolute Gasteiger partial charge is 0.328 e. The summed E-state index contributed by atoms with van der Waals surface area (Å²) in [6, 6.07) is 3.86. The number of fused-ring (bicyclic) bond motifs is 1. The normalized spacial score (nSPS) is 15.2. The molecule has 124 valence electrons. The molecule has 2 heterocycles. The predicted molar refractivity (Wildman–Crippen MR) is 90.1 cm³/mol. The first kappa shape index (κ1) is 15.6. The van der Waals surface area contributed by atoms with Gasteiger partial charge in [-0.15, -0.1) is 0 Å². The zero-order valence-corrected chi connectivity index (χ0v) is 13.8. The van der Waals surface area contributed by atoms with Crippen molar-refractivity contribution in [2.45, 2.75) is 13.3 Å². The topological polar surface area (TPSA) is 68.5 Å². The molecule has 7 nitrogen and oxygen atoms in total. The maximum atomic E-state index is 12.2. The second-order valence-electron chi connectivity index (χ2n) is 5.76. The van der Waals surface area contributed by atoms with E-state index in [1.54, 1.807) is 23.2 Å². The van der Waals surface area contributed by atoms with Crippen molar-refractivity contribution in [3.8, 4) is 0 Å². The first-order chi connectivity index (χ1) is 11.0. The van der Waals surface area contributed by atoms with Crippen molar-refractivity contribution in [1.29, 1.82) is 0 Å². The molecule has 0 saturated carbocycles. The van der Waals surface area contributed by atoms with E-state index in [-0.39, 0.29) is 11.6 Å². The van der Waals surface area contributed by atoms with Crippen LogP contribution in [0, 0.1) is 0 Å². The third-order valence-electron chi connectivity index (χ3n) is 4.34. The van der Waals surface area contributed by atoms with Crippen molar-refractivity contribution >= 4 is 28.3 Å². The molecule has 1 fully saturated rings. The molecule has 7 heteroatoms. The number of anilines is 2. The van der Waals surface area contributed by atoms with E-state index in [4.69, 9.17) is 4.74 Å². The Balaban J connectivity index is 2.17. The van der Waals surface area contributed by atoms with E-state index >= 15 is 0 Å². The van der Waals surface area contributed by atoms with Crippen LogP contribution in [0.25, 0.3) is 11.0 Å². The molecule has 1 amide bonds. The Morgan fingerprint density at radius 1 is 1.17 bits per heavy atom. The zero-order chi connectivity index (χ0) is 16.6. The molecule has 1 saturated heterocycles. The lowest BCUT2D eigenvalue weighted by molar-refractivity contribution is -0.115. The molecular formula is C16H22N4O3. The average molecular weight is 318 g/mol. The summed E-state index contributed by atoms with van der Waals surface area (Å²) in [4.78, 5) is 26.2. The van der Waals surface area contributed by atoms with Crippen LogP contribution in [0.1, 0.15) is 13.3 Å². The van der Waals surface area contributed by atoms with Gasteiger partial charge in [0.05, 0.1) is 35.6 Å². The SMILES string of the molecule is CCC(=O)Nc1cc2c(cc1N1CCOCC1)n(C)c(=O)n2C. The predicted octanol–water partition coefficient (Wildman–Crippen LogP) is 1.06. The van der Waals surface area contributed by atoms with Gasteiger partial charge in [-0.25, -0.2) is 4.79 Å². The van der Waals surface area contributed by atoms with Gasteiger partial charge >= 0.3 is 5.69 Å². The first-order valence-electron chi connectivity index (χ1n) is 7.85. The first-order valence-corrected chi connectivity index (χ1v) is 7.85. The van der Waals surface area contributed by atoms with Gasteiger partial charge in [0.15, 0.2) is 0 Å². The summed E-state index contributed by atoms with van der Waals surface area (Å²) in [6.45, 7) is 4.67. The Morgan fingerprint density at radius 2 is 1.78 bits per heavy atom. The Bertz CT molecular complexity index is 800. The Morgan fingerprint density at radius 3 is 2.39 bits per heavy atom. The number of morpholine rings is 1. The molecule has 1 aromatic heterocycles. The molecule has 1 aromatic carbocycles. The lowest BCUT2D eigenvalue weighted by Crippen LogP contribution is -2.36. The van der Waals surface area contributed by atoms with Gasteiger partial charge in [0, 0.05) is 33.6 Å². The summed E-state index contributed by atoms with van der Waals surface area (Å²) in [7, 11) is 3.50. The number of nitrogens with zero attached hydrogens (tertiary/aromatic N) is 3. The van der Waals surface area contributed by atoms with E-state index < -0.39 is 0 Å². The molecule has 23 heavy (non-hydrogen) atoms. The number of hydrogen-bond acceptors (Lipinski definition) is 4. The fraction of sp³-hybridized carbons (Fsp3) is 0.500. The van der Waals surface area contributed by atoms with Gasteiger partial charge in [-0.3, -0.25) is 13.9 Å². The van der Waals surface area contributed by atoms with E-state index in [0.29, 0.717) is 19.6 Å². The minimum Gasteiger partial charge on any atom is -0.378 e. The Kier molecular flexibility index (Phi) is 4.12. The highest BCUT2D eigenvalue weighted by Crippen LogP contribution is 2.31. The highest BCUT2D eigenvalue weighted by atomic mass is 16.5. The van der Waals surface area contributed by atoms with E-state index in [1.165, 1.54) is 0 Å². The van der Waals surface area contributed by atoms with E-state index in [9.17, 15) is 9.59 Å². The van der Waals surface area contributed by atoms with Gasteiger partial charge in [-0.05, 0) is 12.1 Å². The highest BCUT2D eigenvalue weighted by molar-refractivity contribution is 5.98. The van der Waals surface area contributed by atoms with Crippen LogP contribution >= 0.6 is 0 Å². The van der Waals surface area contributed by atoms with Gasteiger partial charge in [0.25, 0.3) is 0 Å². The molecule has 1 N–H and O–H groups in total. The van der Waals surface area contributed by atoms with Crippen LogP contribution in [0.4, 0.5) is 11.4 Å². The third kappa shape index (κ3) is 2.72. The molecule has 1 aliphatic rings. The van der Waals surface area contributed by atoms with Crippen LogP contribution in [0.5, 0.6) is 0 Å². The van der Waals surface area contributed by atoms with Crippen molar-refractivity contribution < 1.29 is 9.53 Å². The van der Waals surface area contributed by atoms with Crippen LogP contribution in [0.2, 0.25) is 0 Å². The van der Waals surface area contributed by atoms with Crippen LogP contribution < -0.4 is 15.9 Å². The Hall–Kier alpha value is -2.28. The summed E-state index contributed by atoms with van der Waals surface area (Å²) in [6.07, 6.45) is 0.411. The molecule has 0 radical (unpaired) electrons. The lowest BCUT2D eigenvalue weighted by Gasteiger charge is -2.30. The van der Waals surface area contributed by atoms with Crippen molar-refractivity contribution in [1.82, 2.24) is 9.13 Å². The van der Waals surface area contributed by atoms with Crippen LogP contribution in [-0.2, 0) is 23.6 Å². The molecule has 3 rings (SSSR count). The van der Waals surface area contributed by atoms with Gasteiger partial charge in [-0.1, -0.05) is 6.92 Å². The number of carbonyl (C=O) groups is 1. The van der Waals surface area contributed by atoms with Crippen molar-refractivity contribution in [2.75, 3.05) is 36.5 Å². The number of nitrogens with one attached hydrogen (secondary N) is 1. The number of ether oxygens (including phenoxy) is 1. The van der Waals surface area contributed by atoms with Crippen LogP contribution in [-0.4, -0.2) is 41.3 Å². The lowest BCUT2D eigenvalue weighted by atomic mass is 10.2. The third-order valence-corrected chi connectivity index (χ3v) is 4.34. The number of rotatable bonds is 3. The molecule has 0 aliphatic carbocycles. The largest absolute Gasteiger partial charge is 0.378 e. The summed E-state index contributed by atoms with van der Waals surface area (Å²) in [5, 5.41) is 2.96. The summed E-state index contributed by atoms with van der Waals surface area (Å²) >= 11 is 0. The average Bonchev–Trinajstić information content (AvgIpc) is 2.79. The fourth-order valence-corrected chi connectivity index (χ4v) is 2.94. The maximum Gasteiger partial charge on any atom is 0.328 e. The minimum absolute atomic E-state index is 0.0419. The number of amides is 1. The second-order valence-corrected chi connectivity index (χ2v) is 5.76. The molecule has 1 aliphatic heterocycles. The number of aryl methyl sites for hydroxylation is 2. The van der Waals surface area contributed by atoms with E-state index in [0.717, 1.165) is 35.5 Å². The van der Waals surface area contributed by atoms with Gasteiger partial charge in [-0.2, -0.15) is 0 Å². The monoisotopic (exact) mass is 318 g/mol. The van der Waals surface area contributed by atoms with Gasteiger partial charge < -0.3 is 15.0 Å². The summed E-state index contributed by atoms with van der Waals surface area (Å²) in [5.41, 5.74) is 3.26. The molecular weight excluding hydrogens is 296 g/mol. The standard InChI is InChI=1S/C16H22N4O3/c1-4-15(21)17-11-9-13-14(19(3)16(22)18(13)2)10-12(11)20-5-7-23-8-6-20/h9-10H,4-8H2,1-3H3,(H,17,21). The summed E-state index contributed by atoms with van der Waals surface area (Å²) < 4.78 is 8.64. The van der Waals surface area contributed by atoms with Crippen molar-refractivity contribution in [3.05, 3.63) is 22.6 Å². The second kappa shape index (κ2) is 6.08. The highest BCUT2D eigenvalue weighted by Gasteiger charge is 2.19. The fourth-order valence-electron chi connectivity index (χ4n) is 2.94. The maximum absolute atomic E-state index is 12.2. The van der Waals surface area contributed by atoms with E-state index in [1.807, 2.05) is 19.1 Å². The molecule has 2 aromatic rings. The number of carbonyl (C=O) groups excluding carboxylic acids is 1. The van der Waals surface area contributed by atoms with Crippen molar-refractivity contribution in [2.24, 2.45) is 14.1 Å². The van der Waals surface area contributed by atoms with Crippen LogP contribution in [0.15, 0.2) is 16.9 Å². The van der Waals surface area contributed by atoms with Crippen LogP contribution in [0.3, 0.4) is 0 Å². The molecule has 0 spiro atoms. The zero-order valence-electron chi connectivity index (χ0n) is 13.8. The molecule has 0 atom stereocenters. The number of aromatic nitrogens is 2. The Labute approximate surface area is 134 Å². The summed E-state index contributed by atoms with van der Waals surface area (Å²) in [5.74, 6) is -0.0419.